The first-order valence-electron chi connectivity index (χ1n) is 3.64. The Kier molecular flexibility index (Phi) is 1.45. The molecule has 0 saturated heterocycles. The van der Waals surface area contributed by atoms with Crippen LogP contribution in [-0.4, -0.2) is 20.8 Å². The summed E-state index contributed by atoms with van der Waals surface area (Å²) >= 11 is 0. The molecule has 0 aliphatic carbocycles. The van der Waals surface area contributed by atoms with E-state index < -0.39 is 6.09 Å². The van der Waals surface area contributed by atoms with Gasteiger partial charge in [-0.15, -0.1) is 0 Å². The lowest BCUT2D eigenvalue weighted by molar-refractivity contribution is 0.197. The Morgan fingerprint density at radius 2 is 2.38 bits per heavy atom. The fourth-order valence-electron chi connectivity index (χ4n) is 1.20. The van der Waals surface area contributed by atoms with Crippen molar-refractivity contribution in [3.05, 3.63) is 24.5 Å². The van der Waals surface area contributed by atoms with E-state index in [9.17, 15) is 4.79 Å². The summed E-state index contributed by atoms with van der Waals surface area (Å²) in [5.74, 6) is 0. The molecule has 2 rings (SSSR count). The Morgan fingerprint density at radius 1 is 1.62 bits per heavy atom. The summed E-state index contributed by atoms with van der Waals surface area (Å²) < 4.78 is 1.05. The highest BCUT2D eigenvalue weighted by atomic mass is 16.4. The van der Waals surface area contributed by atoms with Gasteiger partial charge >= 0.3 is 6.09 Å². The van der Waals surface area contributed by atoms with E-state index in [1.807, 2.05) is 0 Å². The molecule has 0 bridgehead atoms. The van der Waals surface area contributed by atoms with Gasteiger partial charge in [-0.3, -0.25) is 0 Å². The Bertz CT molecular complexity index is 475. The molecule has 3 N–H and O–H groups in total. The molecule has 0 aliphatic rings. The van der Waals surface area contributed by atoms with Crippen LogP contribution in [0.1, 0.15) is 0 Å². The maximum Gasteiger partial charge on any atom is 0.417 e. The van der Waals surface area contributed by atoms with Crippen LogP contribution in [0.5, 0.6) is 0 Å². The van der Waals surface area contributed by atoms with Crippen molar-refractivity contribution < 1.29 is 9.90 Å². The van der Waals surface area contributed by atoms with Crippen molar-refractivity contribution in [1.82, 2.24) is 9.55 Å². The minimum absolute atomic E-state index is 0.404. The van der Waals surface area contributed by atoms with E-state index in [2.05, 4.69) is 4.98 Å². The van der Waals surface area contributed by atoms with Gasteiger partial charge in [-0.1, -0.05) is 0 Å². The van der Waals surface area contributed by atoms with Crippen LogP contribution in [0.4, 0.5) is 10.5 Å². The maximum atomic E-state index is 10.7. The summed E-state index contributed by atoms with van der Waals surface area (Å²) in [7, 11) is 0. The standard InChI is InChI=1S/C8H7N3O2/c9-6-3-5-1-2-11(8(12)13)7(5)10-4-6/h1-4H,9H2,(H,12,13). The van der Waals surface area contributed by atoms with Crippen molar-refractivity contribution in [3.63, 3.8) is 0 Å². The summed E-state index contributed by atoms with van der Waals surface area (Å²) in [6.45, 7) is 0. The number of anilines is 1. The normalized spacial score (nSPS) is 10.5. The van der Waals surface area contributed by atoms with Gasteiger partial charge < -0.3 is 10.8 Å². The van der Waals surface area contributed by atoms with Gasteiger partial charge in [-0.05, 0) is 12.1 Å². The number of rotatable bonds is 0. The second kappa shape index (κ2) is 2.48. The van der Waals surface area contributed by atoms with Crippen LogP contribution in [0.2, 0.25) is 0 Å². The average Bonchev–Trinajstić information content (AvgIpc) is 2.46. The smallest absolute Gasteiger partial charge is 0.417 e. The van der Waals surface area contributed by atoms with Crippen molar-refractivity contribution in [2.75, 3.05) is 5.73 Å². The molecule has 5 nitrogen and oxygen atoms in total. The second-order valence-electron chi connectivity index (χ2n) is 2.65. The van der Waals surface area contributed by atoms with Crippen molar-refractivity contribution in [2.45, 2.75) is 0 Å². The maximum absolute atomic E-state index is 10.7. The molecule has 0 unspecified atom stereocenters. The van der Waals surface area contributed by atoms with Crippen LogP contribution in [0.25, 0.3) is 11.0 Å². The number of carboxylic acid groups (broad SMARTS) is 1. The molecule has 0 aliphatic heterocycles. The molecule has 0 radical (unpaired) electrons. The predicted octanol–water partition coefficient (Wildman–Crippen LogP) is 1.14. The number of pyridine rings is 1. The van der Waals surface area contributed by atoms with Crippen LogP contribution in [0, 0.1) is 0 Å². The first-order chi connectivity index (χ1) is 6.18. The largest absolute Gasteiger partial charge is 0.464 e. The number of fused-ring (bicyclic) bond motifs is 1. The minimum Gasteiger partial charge on any atom is -0.464 e. The number of hydrogen-bond acceptors (Lipinski definition) is 3. The fraction of sp³-hybridized carbons (Fsp3) is 0. The van der Waals surface area contributed by atoms with E-state index >= 15 is 0 Å². The number of hydrogen-bond donors (Lipinski definition) is 2. The monoisotopic (exact) mass is 177 g/mol. The predicted molar refractivity (Wildman–Crippen MR) is 47.6 cm³/mol. The third-order valence-corrected chi connectivity index (χ3v) is 1.75. The third kappa shape index (κ3) is 1.10. The van der Waals surface area contributed by atoms with Crippen LogP contribution >= 0.6 is 0 Å². The van der Waals surface area contributed by atoms with Gasteiger partial charge in [0.15, 0.2) is 0 Å². The van der Waals surface area contributed by atoms with E-state index in [1.54, 1.807) is 12.1 Å². The van der Waals surface area contributed by atoms with Crippen LogP contribution in [0.15, 0.2) is 24.5 Å². The van der Waals surface area contributed by atoms with E-state index in [1.165, 1.54) is 12.4 Å². The molecule has 0 spiro atoms. The highest BCUT2D eigenvalue weighted by Gasteiger charge is 2.07. The molecule has 2 aromatic heterocycles. The number of carbonyl (C=O) groups is 1. The second-order valence-corrected chi connectivity index (χ2v) is 2.65. The summed E-state index contributed by atoms with van der Waals surface area (Å²) in [6, 6.07) is 3.34. The van der Waals surface area contributed by atoms with Gasteiger partial charge in [-0.25, -0.2) is 14.3 Å². The van der Waals surface area contributed by atoms with Crippen LogP contribution < -0.4 is 5.73 Å². The molecule has 0 saturated carbocycles. The lowest BCUT2D eigenvalue weighted by Gasteiger charge is -1.96. The Balaban J connectivity index is 2.76. The fourth-order valence-corrected chi connectivity index (χ4v) is 1.20. The minimum atomic E-state index is -1.05. The van der Waals surface area contributed by atoms with E-state index in [4.69, 9.17) is 10.8 Å². The Morgan fingerprint density at radius 3 is 3.08 bits per heavy atom. The van der Waals surface area contributed by atoms with Gasteiger partial charge in [0.25, 0.3) is 0 Å². The molecular formula is C8H7N3O2. The van der Waals surface area contributed by atoms with Gasteiger partial charge in [0.1, 0.15) is 5.65 Å². The lowest BCUT2D eigenvalue weighted by atomic mass is 10.3. The van der Waals surface area contributed by atoms with Crippen molar-refractivity contribution in [3.8, 4) is 0 Å². The van der Waals surface area contributed by atoms with E-state index in [0.29, 0.717) is 11.3 Å². The highest BCUT2D eigenvalue weighted by molar-refractivity contribution is 5.87. The highest BCUT2D eigenvalue weighted by Crippen LogP contribution is 2.15. The lowest BCUT2D eigenvalue weighted by Crippen LogP contribution is -2.06. The topological polar surface area (TPSA) is 81.1 Å². The SMILES string of the molecule is Nc1cnc2c(ccn2C(=O)O)c1. The summed E-state index contributed by atoms with van der Waals surface area (Å²) in [5, 5.41) is 9.46. The number of aromatic nitrogens is 2. The van der Waals surface area contributed by atoms with Gasteiger partial charge in [0, 0.05) is 11.6 Å². The molecule has 0 fully saturated rings. The average molecular weight is 177 g/mol. The van der Waals surface area contributed by atoms with Crippen LogP contribution in [0.3, 0.4) is 0 Å². The molecule has 2 heterocycles. The van der Waals surface area contributed by atoms with Crippen molar-refractivity contribution in [1.29, 1.82) is 0 Å². The zero-order chi connectivity index (χ0) is 9.42. The summed E-state index contributed by atoms with van der Waals surface area (Å²) in [4.78, 5) is 14.6. The zero-order valence-corrected chi connectivity index (χ0v) is 6.64. The Hall–Kier alpha value is -2.04. The molecule has 0 aromatic carbocycles. The van der Waals surface area contributed by atoms with Crippen molar-refractivity contribution >= 4 is 22.8 Å². The first-order valence-corrected chi connectivity index (χ1v) is 3.64. The van der Waals surface area contributed by atoms with Crippen molar-refractivity contribution in [2.24, 2.45) is 0 Å². The summed E-state index contributed by atoms with van der Waals surface area (Å²) in [5.41, 5.74) is 6.42. The molecule has 0 atom stereocenters. The molecular weight excluding hydrogens is 170 g/mol. The molecule has 13 heavy (non-hydrogen) atoms. The van der Waals surface area contributed by atoms with Crippen LogP contribution in [-0.2, 0) is 0 Å². The van der Waals surface area contributed by atoms with E-state index in [-0.39, 0.29) is 0 Å². The Labute approximate surface area is 73.4 Å². The molecule has 0 amide bonds. The molecule has 66 valence electrons. The van der Waals surface area contributed by atoms with Gasteiger partial charge in [0.2, 0.25) is 0 Å². The third-order valence-electron chi connectivity index (χ3n) is 1.75. The number of nitrogens with zero attached hydrogens (tertiary/aromatic N) is 2. The van der Waals surface area contributed by atoms with Gasteiger partial charge in [0.05, 0.1) is 11.9 Å². The molecule has 5 heteroatoms. The quantitative estimate of drug-likeness (QED) is 0.632. The number of nitrogen functional groups attached to an aromatic ring is 1. The van der Waals surface area contributed by atoms with E-state index in [0.717, 1.165) is 9.95 Å². The summed E-state index contributed by atoms with van der Waals surface area (Å²) in [6.07, 6.45) is 1.83. The first kappa shape index (κ1) is 7.60. The zero-order valence-electron chi connectivity index (χ0n) is 6.64. The molecule has 2 aromatic rings. The number of nitrogens with two attached hydrogens (primary N) is 1. The van der Waals surface area contributed by atoms with Gasteiger partial charge in [-0.2, -0.15) is 0 Å².